The van der Waals surface area contributed by atoms with E-state index in [2.05, 4.69) is 13.8 Å². The van der Waals surface area contributed by atoms with E-state index in [1.165, 1.54) is 64.2 Å². The van der Waals surface area contributed by atoms with Crippen LogP contribution < -0.4 is 5.11 Å². The molecule has 0 bridgehead atoms. The molecule has 0 N–H and O–H groups in total. The summed E-state index contributed by atoms with van der Waals surface area (Å²) in [5.41, 5.74) is 0. The first-order valence-corrected chi connectivity index (χ1v) is 12.3. The molecule has 0 aliphatic carbocycles. The molecule has 0 rings (SSSR count). The molecule has 2 unspecified atom stereocenters. The molecular formula is C25H49NO4. The number of hydrogen-bond donors (Lipinski definition) is 0. The lowest BCUT2D eigenvalue weighted by Crippen LogP contribution is -2.45. The zero-order valence-corrected chi connectivity index (χ0v) is 20.5. The van der Waals surface area contributed by atoms with Crippen LogP contribution >= 0.6 is 0 Å². The molecule has 0 fully saturated rings. The minimum Gasteiger partial charge on any atom is -0.550 e. The van der Waals surface area contributed by atoms with Crippen molar-refractivity contribution in [2.24, 2.45) is 5.92 Å². The third kappa shape index (κ3) is 20.2. The van der Waals surface area contributed by atoms with Crippen LogP contribution in [0.5, 0.6) is 0 Å². The Bertz CT molecular complexity index is 445. The van der Waals surface area contributed by atoms with Gasteiger partial charge >= 0.3 is 5.97 Å². The van der Waals surface area contributed by atoms with Crippen LogP contribution in [0.3, 0.4) is 0 Å². The molecule has 0 aromatic heterocycles. The number of carboxylic acids is 1. The number of nitrogens with zero attached hydrogens (tertiary/aromatic N) is 1. The number of carbonyl (C=O) groups excluding carboxylic acids is 2. The molecule has 0 aromatic rings. The summed E-state index contributed by atoms with van der Waals surface area (Å²) in [6.45, 7) is 5.13. The summed E-state index contributed by atoms with van der Waals surface area (Å²) in [4.78, 5) is 22.9. The summed E-state index contributed by atoms with van der Waals surface area (Å²) in [5, 5.41) is 10.9. The van der Waals surface area contributed by atoms with E-state index in [9.17, 15) is 14.7 Å². The van der Waals surface area contributed by atoms with Gasteiger partial charge in [-0.25, -0.2) is 0 Å². The molecule has 0 saturated carbocycles. The van der Waals surface area contributed by atoms with E-state index in [4.69, 9.17) is 4.74 Å². The van der Waals surface area contributed by atoms with Crippen LogP contribution in [0.4, 0.5) is 0 Å². The summed E-state index contributed by atoms with van der Waals surface area (Å²) in [5.74, 6) is -0.583. The molecule has 0 heterocycles. The van der Waals surface area contributed by atoms with Crippen LogP contribution in [-0.2, 0) is 14.3 Å². The number of quaternary nitrogens is 1. The van der Waals surface area contributed by atoms with Gasteiger partial charge in [0.25, 0.3) is 0 Å². The largest absolute Gasteiger partial charge is 0.550 e. The SMILES string of the molecule is CCCCCC(C)CCCCCCCCCCC(=O)OC(CC(=O)[O-])C[N+](C)(C)C. The fourth-order valence-electron chi connectivity index (χ4n) is 3.90. The Morgan fingerprint density at radius 2 is 1.33 bits per heavy atom. The molecule has 0 aliphatic heterocycles. The summed E-state index contributed by atoms with van der Waals surface area (Å²) in [6.07, 6.45) is 15.9. The van der Waals surface area contributed by atoms with Gasteiger partial charge in [0, 0.05) is 18.8 Å². The third-order valence-electron chi connectivity index (χ3n) is 5.57. The molecule has 0 aliphatic rings. The van der Waals surface area contributed by atoms with Crippen molar-refractivity contribution in [3.63, 3.8) is 0 Å². The van der Waals surface area contributed by atoms with E-state index >= 15 is 0 Å². The van der Waals surface area contributed by atoms with Gasteiger partial charge in [0.15, 0.2) is 6.10 Å². The number of carbonyl (C=O) groups is 2. The number of likely N-dealkylation sites (N-methyl/N-ethyl adjacent to an activating group) is 1. The monoisotopic (exact) mass is 427 g/mol. The van der Waals surface area contributed by atoms with E-state index in [-0.39, 0.29) is 12.4 Å². The minimum absolute atomic E-state index is 0.237. The fraction of sp³-hybridized carbons (Fsp3) is 0.920. The van der Waals surface area contributed by atoms with Gasteiger partial charge in [-0.05, 0) is 12.3 Å². The maximum atomic E-state index is 12.0. The summed E-state index contributed by atoms with van der Waals surface area (Å²) >= 11 is 0. The van der Waals surface area contributed by atoms with E-state index in [1.807, 2.05) is 21.1 Å². The Morgan fingerprint density at radius 1 is 0.833 bits per heavy atom. The normalized spacial score (nSPS) is 13.8. The predicted octanol–water partition coefficient (Wildman–Crippen LogP) is 4.86. The van der Waals surface area contributed by atoms with Crippen molar-refractivity contribution in [2.75, 3.05) is 27.7 Å². The van der Waals surface area contributed by atoms with Gasteiger partial charge in [-0.15, -0.1) is 0 Å². The number of ether oxygens (including phenoxy) is 1. The average molecular weight is 428 g/mol. The van der Waals surface area contributed by atoms with Crippen LogP contribution in [0.1, 0.15) is 110 Å². The van der Waals surface area contributed by atoms with Gasteiger partial charge < -0.3 is 19.1 Å². The number of rotatable bonds is 20. The smallest absolute Gasteiger partial charge is 0.306 e. The van der Waals surface area contributed by atoms with Crippen molar-refractivity contribution >= 4 is 11.9 Å². The molecule has 5 nitrogen and oxygen atoms in total. The van der Waals surface area contributed by atoms with Crippen LogP contribution in [0.15, 0.2) is 0 Å². The second kappa shape index (κ2) is 17.6. The van der Waals surface area contributed by atoms with Crippen molar-refractivity contribution in [1.82, 2.24) is 0 Å². The lowest BCUT2D eigenvalue weighted by atomic mass is 9.96. The maximum absolute atomic E-state index is 12.0. The van der Waals surface area contributed by atoms with Crippen molar-refractivity contribution < 1.29 is 23.9 Å². The van der Waals surface area contributed by atoms with Crippen molar-refractivity contribution in [2.45, 2.75) is 116 Å². The highest BCUT2D eigenvalue weighted by Crippen LogP contribution is 2.18. The molecule has 178 valence electrons. The molecule has 30 heavy (non-hydrogen) atoms. The Labute approximate surface area is 186 Å². The zero-order valence-electron chi connectivity index (χ0n) is 20.5. The van der Waals surface area contributed by atoms with Crippen LogP contribution in [0, 0.1) is 5.92 Å². The number of unbranched alkanes of at least 4 members (excludes halogenated alkanes) is 9. The quantitative estimate of drug-likeness (QED) is 0.158. The van der Waals surface area contributed by atoms with Gasteiger partial charge in [-0.3, -0.25) is 4.79 Å². The molecule has 0 saturated heterocycles. The van der Waals surface area contributed by atoms with Crippen LogP contribution in [0.2, 0.25) is 0 Å². The Hall–Kier alpha value is -1.10. The maximum Gasteiger partial charge on any atom is 0.306 e. The molecule has 0 radical (unpaired) electrons. The van der Waals surface area contributed by atoms with Crippen molar-refractivity contribution in [3.05, 3.63) is 0 Å². The third-order valence-corrected chi connectivity index (χ3v) is 5.57. The lowest BCUT2D eigenvalue weighted by molar-refractivity contribution is -0.873. The highest BCUT2D eigenvalue weighted by Gasteiger charge is 2.22. The second-order valence-electron chi connectivity index (χ2n) is 10.1. The highest BCUT2D eigenvalue weighted by molar-refractivity contribution is 5.70. The summed E-state index contributed by atoms with van der Waals surface area (Å²) in [6, 6.07) is 0. The Morgan fingerprint density at radius 3 is 1.83 bits per heavy atom. The van der Waals surface area contributed by atoms with Gasteiger partial charge in [0.1, 0.15) is 6.54 Å². The molecule has 2 atom stereocenters. The van der Waals surface area contributed by atoms with Gasteiger partial charge in [0.2, 0.25) is 0 Å². The van der Waals surface area contributed by atoms with Crippen LogP contribution in [0.25, 0.3) is 0 Å². The summed E-state index contributed by atoms with van der Waals surface area (Å²) in [7, 11) is 5.85. The van der Waals surface area contributed by atoms with Gasteiger partial charge in [-0.2, -0.15) is 0 Å². The van der Waals surface area contributed by atoms with E-state index in [0.29, 0.717) is 17.4 Å². The Balaban J connectivity index is 3.66. The number of aliphatic carboxylic acids is 1. The number of hydrogen-bond acceptors (Lipinski definition) is 4. The highest BCUT2D eigenvalue weighted by atomic mass is 16.5. The van der Waals surface area contributed by atoms with Gasteiger partial charge in [0.05, 0.1) is 21.1 Å². The molecule has 5 heteroatoms. The van der Waals surface area contributed by atoms with Crippen molar-refractivity contribution in [3.8, 4) is 0 Å². The first-order valence-electron chi connectivity index (χ1n) is 12.3. The second-order valence-corrected chi connectivity index (χ2v) is 10.1. The van der Waals surface area contributed by atoms with E-state index < -0.39 is 12.1 Å². The van der Waals surface area contributed by atoms with E-state index in [0.717, 1.165) is 25.2 Å². The molecule has 0 amide bonds. The number of esters is 1. The predicted molar refractivity (Wildman–Crippen MR) is 122 cm³/mol. The molecule has 0 aromatic carbocycles. The topological polar surface area (TPSA) is 66.4 Å². The van der Waals surface area contributed by atoms with Crippen LogP contribution in [-0.4, -0.2) is 50.2 Å². The Kier molecular flexibility index (Phi) is 16.9. The first kappa shape index (κ1) is 28.9. The molecule has 0 spiro atoms. The number of carboxylic acid groups (broad SMARTS) is 1. The zero-order chi connectivity index (χ0) is 22.8. The van der Waals surface area contributed by atoms with Gasteiger partial charge in [-0.1, -0.05) is 90.9 Å². The first-order chi connectivity index (χ1) is 14.1. The standard InChI is InChI=1S/C25H49NO4/c1-6-7-14-17-22(2)18-15-12-10-8-9-11-13-16-19-25(29)30-23(20-24(27)28)21-26(3,4)5/h22-23H,6-21H2,1-5H3. The molecular weight excluding hydrogens is 378 g/mol. The van der Waals surface area contributed by atoms with Crippen molar-refractivity contribution in [1.29, 1.82) is 0 Å². The lowest BCUT2D eigenvalue weighted by Gasteiger charge is -2.29. The fourth-order valence-corrected chi connectivity index (χ4v) is 3.90. The minimum atomic E-state index is -1.17. The summed E-state index contributed by atoms with van der Waals surface area (Å²) < 4.78 is 5.93. The van der Waals surface area contributed by atoms with E-state index in [1.54, 1.807) is 0 Å². The average Bonchev–Trinajstić information content (AvgIpc) is 2.61.